The number of carbonyl (C=O) groups excluding carboxylic acids is 1. The molecular formula is C18H15FN4O. The number of aryl methyl sites for hydroxylation is 1. The third kappa shape index (κ3) is 3.92. The fraction of sp³-hybridized carbons (Fsp3) is 0.0556. The van der Waals surface area contributed by atoms with Gasteiger partial charge in [0.25, 0.3) is 5.91 Å². The van der Waals surface area contributed by atoms with Crippen molar-refractivity contribution in [1.82, 2.24) is 10.2 Å². The Bertz CT molecular complexity index is 848. The van der Waals surface area contributed by atoms with E-state index in [4.69, 9.17) is 0 Å². The van der Waals surface area contributed by atoms with Crippen LogP contribution < -0.4 is 10.6 Å². The molecule has 0 aliphatic heterocycles. The van der Waals surface area contributed by atoms with E-state index in [1.807, 2.05) is 31.2 Å². The topological polar surface area (TPSA) is 66.9 Å². The minimum Gasteiger partial charge on any atom is -0.339 e. The Kier molecular flexibility index (Phi) is 4.47. The molecule has 0 bridgehead atoms. The first-order valence-electron chi connectivity index (χ1n) is 7.34. The van der Waals surface area contributed by atoms with Crippen molar-refractivity contribution in [2.45, 2.75) is 6.92 Å². The summed E-state index contributed by atoms with van der Waals surface area (Å²) in [4.78, 5) is 12.1. The Morgan fingerprint density at radius 1 is 0.958 bits per heavy atom. The standard InChI is InChI=1S/C18H15FN4O/c1-12-5-7-14(8-6-12)21-18(24)16-9-10-17(23-22-16)20-15-4-2-3-13(19)11-15/h2-11H,1H3,(H,20,23)(H,21,24). The summed E-state index contributed by atoms with van der Waals surface area (Å²) in [5.41, 5.74) is 2.55. The van der Waals surface area contributed by atoms with Crippen LogP contribution in [0.2, 0.25) is 0 Å². The highest BCUT2D eigenvalue weighted by molar-refractivity contribution is 6.02. The van der Waals surface area contributed by atoms with Gasteiger partial charge in [-0.2, -0.15) is 0 Å². The fourth-order valence-electron chi connectivity index (χ4n) is 2.07. The molecule has 120 valence electrons. The maximum atomic E-state index is 13.1. The zero-order valence-corrected chi connectivity index (χ0v) is 13.0. The summed E-state index contributed by atoms with van der Waals surface area (Å²) in [6.07, 6.45) is 0. The lowest BCUT2D eigenvalue weighted by molar-refractivity contribution is 0.102. The van der Waals surface area contributed by atoms with E-state index < -0.39 is 0 Å². The van der Waals surface area contributed by atoms with E-state index >= 15 is 0 Å². The quantitative estimate of drug-likeness (QED) is 0.764. The number of benzene rings is 2. The van der Waals surface area contributed by atoms with Crippen molar-refractivity contribution in [3.05, 3.63) is 77.7 Å². The minimum atomic E-state index is -0.345. The fourth-order valence-corrected chi connectivity index (χ4v) is 2.07. The number of nitrogens with zero attached hydrogens (tertiary/aromatic N) is 2. The monoisotopic (exact) mass is 322 g/mol. The molecule has 3 aromatic rings. The van der Waals surface area contributed by atoms with Crippen molar-refractivity contribution < 1.29 is 9.18 Å². The van der Waals surface area contributed by atoms with E-state index in [1.165, 1.54) is 12.1 Å². The molecule has 0 spiro atoms. The number of rotatable bonds is 4. The average molecular weight is 322 g/mol. The summed E-state index contributed by atoms with van der Waals surface area (Å²) in [7, 11) is 0. The maximum Gasteiger partial charge on any atom is 0.276 e. The zero-order valence-electron chi connectivity index (χ0n) is 13.0. The van der Waals surface area contributed by atoms with Crippen LogP contribution in [0.5, 0.6) is 0 Å². The van der Waals surface area contributed by atoms with Gasteiger partial charge in [0.2, 0.25) is 0 Å². The van der Waals surface area contributed by atoms with Gasteiger partial charge in [0.05, 0.1) is 0 Å². The first kappa shape index (κ1) is 15.6. The summed E-state index contributed by atoms with van der Waals surface area (Å²) in [6.45, 7) is 1.97. The van der Waals surface area contributed by atoms with Gasteiger partial charge in [-0.3, -0.25) is 4.79 Å². The molecule has 1 aromatic heterocycles. The Morgan fingerprint density at radius 2 is 1.75 bits per heavy atom. The zero-order chi connectivity index (χ0) is 16.9. The average Bonchev–Trinajstić information content (AvgIpc) is 2.57. The molecule has 5 nitrogen and oxygen atoms in total. The van der Waals surface area contributed by atoms with Gasteiger partial charge in [0.15, 0.2) is 11.5 Å². The van der Waals surface area contributed by atoms with Crippen LogP contribution in [0.15, 0.2) is 60.7 Å². The summed E-state index contributed by atoms with van der Waals surface area (Å²) in [6, 6.07) is 16.6. The number of hydrogen-bond donors (Lipinski definition) is 2. The van der Waals surface area contributed by atoms with Gasteiger partial charge in [-0.25, -0.2) is 4.39 Å². The highest BCUT2D eigenvalue weighted by Gasteiger charge is 2.09. The number of amides is 1. The molecule has 3 rings (SSSR count). The predicted octanol–water partition coefficient (Wildman–Crippen LogP) is 3.92. The highest BCUT2D eigenvalue weighted by atomic mass is 19.1. The summed E-state index contributed by atoms with van der Waals surface area (Å²) in [5.74, 6) is -0.266. The van der Waals surface area contributed by atoms with Gasteiger partial charge in [0, 0.05) is 11.4 Å². The molecule has 1 heterocycles. The van der Waals surface area contributed by atoms with Crippen molar-refractivity contribution in [2.75, 3.05) is 10.6 Å². The van der Waals surface area contributed by atoms with Gasteiger partial charge in [-0.1, -0.05) is 23.8 Å². The highest BCUT2D eigenvalue weighted by Crippen LogP contribution is 2.15. The van der Waals surface area contributed by atoms with Crippen molar-refractivity contribution in [2.24, 2.45) is 0 Å². The molecule has 1 amide bonds. The van der Waals surface area contributed by atoms with Crippen molar-refractivity contribution >= 4 is 23.1 Å². The van der Waals surface area contributed by atoms with E-state index in [1.54, 1.807) is 24.3 Å². The molecule has 24 heavy (non-hydrogen) atoms. The van der Waals surface area contributed by atoms with Crippen LogP contribution in [-0.4, -0.2) is 16.1 Å². The van der Waals surface area contributed by atoms with Crippen molar-refractivity contribution in [1.29, 1.82) is 0 Å². The minimum absolute atomic E-state index is 0.195. The molecule has 0 saturated heterocycles. The van der Waals surface area contributed by atoms with Crippen LogP contribution in [-0.2, 0) is 0 Å². The van der Waals surface area contributed by atoms with E-state index in [-0.39, 0.29) is 17.4 Å². The number of anilines is 3. The largest absolute Gasteiger partial charge is 0.339 e. The van der Waals surface area contributed by atoms with E-state index in [0.717, 1.165) is 5.56 Å². The molecule has 0 saturated carbocycles. The van der Waals surface area contributed by atoms with Gasteiger partial charge in [0.1, 0.15) is 5.82 Å². The molecule has 0 radical (unpaired) electrons. The molecule has 0 unspecified atom stereocenters. The number of aromatic nitrogens is 2. The second kappa shape index (κ2) is 6.87. The van der Waals surface area contributed by atoms with Gasteiger partial charge < -0.3 is 10.6 Å². The lowest BCUT2D eigenvalue weighted by Crippen LogP contribution is -2.14. The second-order valence-electron chi connectivity index (χ2n) is 5.26. The third-order valence-electron chi connectivity index (χ3n) is 3.30. The van der Waals surface area contributed by atoms with Gasteiger partial charge in [-0.15, -0.1) is 10.2 Å². The molecule has 0 atom stereocenters. The molecule has 6 heteroatoms. The van der Waals surface area contributed by atoms with E-state index in [2.05, 4.69) is 20.8 Å². The predicted molar refractivity (Wildman–Crippen MR) is 90.8 cm³/mol. The van der Waals surface area contributed by atoms with Crippen molar-refractivity contribution in [3.8, 4) is 0 Å². The molecule has 2 aromatic carbocycles. The molecule has 0 aliphatic rings. The van der Waals surface area contributed by atoms with Crippen LogP contribution in [0, 0.1) is 12.7 Å². The first-order chi connectivity index (χ1) is 11.6. The second-order valence-corrected chi connectivity index (χ2v) is 5.26. The lowest BCUT2D eigenvalue weighted by atomic mass is 10.2. The number of hydrogen-bond acceptors (Lipinski definition) is 4. The lowest BCUT2D eigenvalue weighted by Gasteiger charge is -2.07. The van der Waals surface area contributed by atoms with E-state index in [0.29, 0.717) is 17.2 Å². The molecule has 0 aliphatic carbocycles. The Morgan fingerprint density at radius 3 is 2.42 bits per heavy atom. The Labute approximate surface area is 138 Å². The third-order valence-corrected chi connectivity index (χ3v) is 3.30. The van der Waals surface area contributed by atoms with Crippen LogP contribution in [0.1, 0.15) is 16.1 Å². The SMILES string of the molecule is Cc1ccc(NC(=O)c2ccc(Nc3cccc(F)c3)nn2)cc1. The Hall–Kier alpha value is -3.28. The maximum absolute atomic E-state index is 13.1. The molecular weight excluding hydrogens is 307 g/mol. The molecule has 2 N–H and O–H groups in total. The Balaban J connectivity index is 1.67. The summed E-state index contributed by atoms with van der Waals surface area (Å²) < 4.78 is 13.1. The smallest absolute Gasteiger partial charge is 0.276 e. The van der Waals surface area contributed by atoms with Crippen molar-refractivity contribution in [3.63, 3.8) is 0 Å². The summed E-state index contributed by atoms with van der Waals surface area (Å²) >= 11 is 0. The van der Waals surface area contributed by atoms with Gasteiger partial charge >= 0.3 is 0 Å². The first-order valence-corrected chi connectivity index (χ1v) is 7.34. The number of nitrogens with one attached hydrogen (secondary N) is 2. The van der Waals surface area contributed by atoms with Crippen LogP contribution in [0.3, 0.4) is 0 Å². The molecule has 0 fully saturated rings. The summed E-state index contributed by atoms with van der Waals surface area (Å²) in [5, 5.41) is 13.5. The number of carbonyl (C=O) groups is 1. The van der Waals surface area contributed by atoms with Gasteiger partial charge in [-0.05, 0) is 49.4 Å². The van der Waals surface area contributed by atoms with Crippen LogP contribution in [0.25, 0.3) is 0 Å². The number of halogens is 1. The van der Waals surface area contributed by atoms with Crippen LogP contribution >= 0.6 is 0 Å². The van der Waals surface area contributed by atoms with Crippen LogP contribution in [0.4, 0.5) is 21.6 Å². The normalized spacial score (nSPS) is 10.2. The van der Waals surface area contributed by atoms with E-state index in [9.17, 15) is 9.18 Å².